The van der Waals surface area contributed by atoms with Gasteiger partial charge in [-0.15, -0.1) is 0 Å². The van der Waals surface area contributed by atoms with Crippen molar-refractivity contribution in [3.63, 3.8) is 0 Å². The van der Waals surface area contributed by atoms with Crippen molar-refractivity contribution in [3.8, 4) is 0 Å². The number of nitrogens with one attached hydrogen (secondary N) is 1. The Morgan fingerprint density at radius 3 is 2.50 bits per heavy atom. The zero-order valence-corrected chi connectivity index (χ0v) is 15.6. The van der Waals surface area contributed by atoms with Crippen LogP contribution in [0.2, 0.25) is 0 Å². The molecule has 1 aliphatic heterocycles. The molecule has 0 radical (unpaired) electrons. The van der Waals surface area contributed by atoms with E-state index in [1.807, 2.05) is 47.4 Å². The Hall–Kier alpha value is -3.35. The van der Waals surface area contributed by atoms with Crippen molar-refractivity contribution in [2.24, 2.45) is 21.5 Å². The average Bonchev–Trinajstić information content (AvgIpc) is 2.69. The zero-order valence-electron chi connectivity index (χ0n) is 15.6. The summed E-state index contributed by atoms with van der Waals surface area (Å²) in [6, 6.07) is 16.7. The Morgan fingerprint density at radius 2 is 1.75 bits per heavy atom. The summed E-state index contributed by atoms with van der Waals surface area (Å²) in [4.78, 5) is 23.3. The highest BCUT2D eigenvalue weighted by molar-refractivity contribution is 6.07. The third-order valence-corrected chi connectivity index (χ3v) is 5.25. The fourth-order valence-electron chi connectivity index (χ4n) is 4.01. The topological polar surface area (TPSA) is 109 Å². The smallest absolute Gasteiger partial charge is 0.255 e. The van der Waals surface area contributed by atoms with E-state index in [9.17, 15) is 4.79 Å². The molecule has 2 aliphatic rings. The fraction of sp³-hybridized carbons (Fsp3) is 0.286. The quantitative estimate of drug-likeness (QED) is 0.765. The SMILES string of the molecule is NC1=NC2(CCCCC2)N(c2cccc(NC(=O)c3ccccc3)c2)C(N)=N1. The highest BCUT2D eigenvalue weighted by Crippen LogP contribution is 2.39. The van der Waals surface area contributed by atoms with Crippen molar-refractivity contribution < 1.29 is 4.79 Å². The molecule has 1 spiro atoms. The Balaban J connectivity index is 1.64. The summed E-state index contributed by atoms with van der Waals surface area (Å²) in [5, 5.41) is 2.95. The number of carbonyl (C=O) groups excluding carboxylic acids is 1. The second kappa shape index (κ2) is 7.34. The average molecular weight is 376 g/mol. The first-order valence-electron chi connectivity index (χ1n) is 9.54. The maximum Gasteiger partial charge on any atom is 0.255 e. The van der Waals surface area contributed by atoms with E-state index in [0.29, 0.717) is 17.2 Å². The fourth-order valence-corrected chi connectivity index (χ4v) is 4.01. The third-order valence-electron chi connectivity index (χ3n) is 5.25. The van der Waals surface area contributed by atoms with Crippen molar-refractivity contribution >= 4 is 29.2 Å². The monoisotopic (exact) mass is 376 g/mol. The summed E-state index contributed by atoms with van der Waals surface area (Å²) in [5.74, 6) is 0.401. The second-order valence-corrected chi connectivity index (χ2v) is 7.19. The molecular weight excluding hydrogens is 352 g/mol. The lowest BCUT2D eigenvalue weighted by Gasteiger charge is -2.45. The summed E-state index contributed by atoms with van der Waals surface area (Å²) >= 11 is 0. The molecular formula is C21H24N6O. The minimum absolute atomic E-state index is 0.160. The molecule has 5 N–H and O–H groups in total. The molecule has 144 valence electrons. The van der Waals surface area contributed by atoms with Crippen LogP contribution in [0.15, 0.2) is 64.6 Å². The van der Waals surface area contributed by atoms with E-state index in [4.69, 9.17) is 11.5 Å². The van der Waals surface area contributed by atoms with Crippen LogP contribution in [0.4, 0.5) is 11.4 Å². The van der Waals surface area contributed by atoms with Gasteiger partial charge >= 0.3 is 0 Å². The number of nitrogens with zero attached hydrogens (tertiary/aromatic N) is 3. The van der Waals surface area contributed by atoms with E-state index in [2.05, 4.69) is 15.3 Å². The molecule has 0 atom stereocenters. The molecule has 1 amide bonds. The number of aliphatic imine (C=N–C) groups is 2. The van der Waals surface area contributed by atoms with Gasteiger partial charge in [0.25, 0.3) is 5.91 Å². The van der Waals surface area contributed by atoms with Gasteiger partial charge in [-0.25, -0.2) is 4.99 Å². The zero-order chi connectivity index (χ0) is 19.6. The molecule has 7 nitrogen and oxygen atoms in total. The van der Waals surface area contributed by atoms with Gasteiger partial charge in [0.15, 0.2) is 0 Å². The predicted octanol–water partition coefficient (Wildman–Crippen LogP) is 3.05. The van der Waals surface area contributed by atoms with Gasteiger partial charge in [0.2, 0.25) is 11.9 Å². The van der Waals surface area contributed by atoms with Gasteiger partial charge < -0.3 is 16.8 Å². The van der Waals surface area contributed by atoms with E-state index in [1.54, 1.807) is 12.1 Å². The summed E-state index contributed by atoms with van der Waals surface area (Å²) in [7, 11) is 0. The van der Waals surface area contributed by atoms with Crippen LogP contribution >= 0.6 is 0 Å². The maximum atomic E-state index is 12.5. The molecule has 28 heavy (non-hydrogen) atoms. The second-order valence-electron chi connectivity index (χ2n) is 7.19. The number of nitrogens with two attached hydrogens (primary N) is 2. The van der Waals surface area contributed by atoms with E-state index in [0.717, 1.165) is 31.4 Å². The lowest BCUT2D eigenvalue weighted by molar-refractivity contribution is 0.102. The lowest BCUT2D eigenvalue weighted by atomic mass is 9.87. The maximum absolute atomic E-state index is 12.5. The van der Waals surface area contributed by atoms with Crippen molar-refractivity contribution in [1.82, 2.24) is 0 Å². The first-order chi connectivity index (χ1) is 13.6. The summed E-state index contributed by atoms with van der Waals surface area (Å²) < 4.78 is 0. The van der Waals surface area contributed by atoms with Crippen LogP contribution < -0.4 is 21.7 Å². The van der Waals surface area contributed by atoms with Crippen LogP contribution in [0.3, 0.4) is 0 Å². The summed E-state index contributed by atoms with van der Waals surface area (Å²) in [6.07, 6.45) is 5.03. The van der Waals surface area contributed by atoms with Crippen LogP contribution in [0.5, 0.6) is 0 Å². The highest BCUT2D eigenvalue weighted by Gasteiger charge is 2.42. The third kappa shape index (κ3) is 3.43. The van der Waals surface area contributed by atoms with E-state index >= 15 is 0 Å². The van der Waals surface area contributed by atoms with Crippen LogP contribution in [-0.4, -0.2) is 23.5 Å². The number of anilines is 2. The summed E-state index contributed by atoms with van der Waals surface area (Å²) in [5.41, 5.74) is 13.8. The Bertz CT molecular complexity index is 931. The largest absolute Gasteiger partial charge is 0.369 e. The van der Waals surface area contributed by atoms with Gasteiger partial charge in [0, 0.05) is 16.9 Å². The molecule has 7 heteroatoms. The van der Waals surface area contributed by atoms with Crippen LogP contribution in [-0.2, 0) is 0 Å². The standard InChI is InChI=1S/C21H24N6O/c22-19-25-20(23)27(21(26-19)12-5-2-6-13-21)17-11-7-10-16(14-17)24-18(28)15-8-3-1-4-9-15/h1,3-4,7-11,14H,2,5-6,12-13H2,(H,24,28)(H4,22,23,25,26). The Labute approximate surface area is 164 Å². The van der Waals surface area contributed by atoms with Crippen molar-refractivity contribution in [2.75, 3.05) is 10.2 Å². The number of rotatable bonds is 3. The van der Waals surface area contributed by atoms with E-state index in [1.165, 1.54) is 6.42 Å². The first-order valence-corrected chi connectivity index (χ1v) is 9.54. The molecule has 2 aromatic rings. The molecule has 0 bridgehead atoms. The van der Waals surface area contributed by atoms with Crippen LogP contribution in [0, 0.1) is 0 Å². The molecule has 0 saturated heterocycles. The predicted molar refractivity (Wildman–Crippen MR) is 112 cm³/mol. The number of benzene rings is 2. The number of hydrogen-bond acceptors (Lipinski definition) is 6. The number of hydrogen-bond donors (Lipinski definition) is 3. The molecule has 0 aromatic heterocycles. The Morgan fingerprint density at radius 1 is 1.00 bits per heavy atom. The van der Waals surface area contributed by atoms with Crippen LogP contribution in [0.1, 0.15) is 42.5 Å². The molecule has 1 saturated carbocycles. The molecule has 4 rings (SSSR count). The van der Waals surface area contributed by atoms with Crippen molar-refractivity contribution in [2.45, 2.75) is 37.8 Å². The van der Waals surface area contributed by atoms with Crippen molar-refractivity contribution in [1.29, 1.82) is 0 Å². The number of amides is 1. The Kier molecular flexibility index (Phi) is 4.73. The molecule has 1 fully saturated rings. The summed E-state index contributed by atoms with van der Waals surface area (Å²) in [6.45, 7) is 0. The number of guanidine groups is 2. The van der Waals surface area contributed by atoms with Crippen molar-refractivity contribution in [3.05, 3.63) is 60.2 Å². The van der Waals surface area contributed by atoms with Gasteiger partial charge in [0.05, 0.1) is 0 Å². The first kappa shape index (κ1) is 18.0. The molecule has 0 unspecified atom stereocenters. The minimum atomic E-state index is -0.504. The minimum Gasteiger partial charge on any atom is -0.369 e. The number of carbonyl (C=O) groups is 1. The van der Waals surface area contributed by atoms with Gasteiger partial charge in [0.1, 0.15) is 5.66 Å². The molecule has 1 aliphatic carbocycles. The molecule has 2 aromatic carbocycles. The van der Waals surface area contributed by atoms with Gasteiger partial charge in [-0.05, 0) is 56.0 Å². The van der Waals surface area contributed by atoms with Gasteiger partial charge in [-0.1, -0.05) is 30.7 Å². The van der Waals surface area contributed by atoms with E-state index < -0.39 is 5.66 Å². The normalized spacial score (nSPS) is 18.4. The van der Waals surface area contributed by atoms with Gasteiger partial charge in [-0.2, -0.15) is 4.99 Å². The highest BCUT2D eigenvalue weighted by atomic mass is 16.1. The van der Waals surface area contributed by atoms with E-state index in [-0.39, 0.29) is 11.9 Å². The van der Waals surface area contributed by atoms with Crippen LogP contribution in [0.25, 0.3) is 0 Å². The van der Waals surface area contributed by atoms with Gasteiger partial charge in [-0.3, -0.25) is 9.69 Å². The lowest BCUT2D eigenvalue weighted by Crippen LogP contribution is -2.58. The molecule has 1 heterocycles.